The maximum atomic E-state index is 12.3. The van der Waals surface area contributed by atoms with Gasteiger partial charge in [-0.2, -0.15) is 0 Å². The SMILES string of the molecule is CNc1ccc(C(=O)N(CCO)C2CCC2)nc1. The fourth-order valence-electron chi connectivity index (χ4n) is 2.07. The minimum atomic E-state index is -0.0867. The smallest absolute Gasteiger partial charge is 0.272 e. The van der Waals surface area contributed by atoms with Gasteiger partial charge in [-0.3, -0.25) is 4.79 Å². The summed E-state index contributed by atoms with van der Waals surface area (Å²) >= 11 is 0. The van der Waals surface area contributed by atoms with Gasteiger partial charge >= 0.3 is 0 Å². The first-order chi connectivity index (χ1) is 8.76. The first kappa shape index (κ1) is 12.8. The molecule has 1 aromatic rings. The lowest BCUT2D eigenvalue weighted by Crippen LogP contribution is -2.45. The molecule has 0 saturated heterocycles. The number of rotatable bonds is 5. The number of carbonyl (C=O) groups excluding carboxylic acids is 1. The van der Waals surface area contributed by atoms with Crippen LogP contribution < -0.4 is 5.32 Å². The molecule has 0 spiro atoms. The minimum absolute atomic E-state index is 0.00314. The van der Waals surface area contributed by atoms with Crippen LogP contribution in [-0.4, -0.2) is 47.1 Å². The van der Waals surface area contributed by atoms with Gasteiger partial charge in [0.05, 0.1) is 18.5 Å². The average Bonchev–Trinajstić information content (AvgIpc) is 2.35. The first-order valence-electron chi connectivity index (χ1n) is 6.32. The second kappa shape index (κ2) is 5.82. The third kappa shape index (κ3) is 2.61. The number of hydrogen-bond acceptors (Lipinski definition) is 4. The molecule has 1 aliphatic carbocycles. The summed E-state index contributed by atoms with van der Waals surface area (Å²) in [4.78, 5) is 18.2. The monoisotopic (exact) mass is 249 g/mol. The van der Waals surface area contributed by atoms with Crippen LogP contribution >= 0.6 is 0 Å². The molecule has 0 atom stereocenters. The molecule has 1 saturated carbocycles. The van der Waals surface area contributed by atoms with Gasteiger partial charge in [0.25, 0.3) is 5.91 Å². The fourth-order valence-corrected chi connectivity index (χ4v) is 2.07. The Morgan fingerprint density at radius 1 is 1.56 bits per heavy atom. The number of nitrogens with one attached hydrogen (secondary N) is 1. The van der Waals surface area contributed by atoms with E-state index in [0.29, 0.717) is 12.2 Å². The lowest BCUT2D eigenvalue weighted by atomic mass is 9.91. The van der Waals surface area contributed by atoms with Crippen LogP contribution in [0, 0.1) is 0 Å². The summed E-state index contributed by atoms with van der Waals surface area (Å²) in [5, 5.41) is 12.0. The number of nitrogens with zero attached hydrogens (tertiary/aromatic N) is 2. The van der Waals surface area contributed by atoms with Gasteiger partial charge in [-0.15, -0.1) is 0 Å². The first-order valence-corrected chi connectivity index (χ1v) is 6.32. The molecule has 0 aromatic carbocycles. The zero-order valence-corrected chi connectivity index (χ0v) is 10.6. The summed E-state index contributed by atoms with van der Waals surface area (Å²) in [6.45, 7) is 0.385. The second-order valence-electron chi connectivity index (χ2n) is 4.49. The molecule has 0 aliphatic heterocycles. The number of aromatic nitrogens is 1. The summed E-state index contributed by atoms with van der Waals surface area (Å²) in [5.74, 6) is -0.0867. The maximum absolute atomic E-state index is 12.3. The summed E-state index contributed by atoms with van der Waals surface area (Å²) in [6.07, 6.45) is 4.86. The number of amides is 1. The van der Waals surface area contributed by atoms with Gasteiger partial charge in [0.1, 0.15) is 5.69 Å². The van der Waals surface area contributed by atoms with Gasteiger partial charge in [-0.25, -0.2) is 4.98 Å². The maximum Gasteiger partial charge on any atom is 0.272 e. The Balaban J connectivity index is 2.10. The van der Waals surface area contributed by atoms with E-state index >= 15 is 0 Å². The van der Waals surface area contributed by atoms with Gasteiger partial charge in [0, 0.05) is 19.6 Å². The number of aliphatic hydroxyl groups is 1. The van der Waals surface area contributed by atoms with Crippen LogP contribution in [0.25, 0.3) is 0 Å². The molecule has 1 amide bonds. The van der Waals surface area contributed by atoms with Crippen molar-refractivity contribution in [1.29, 1.82) is 0 Å². The predicted molar refractivity (Wildman–Crippen MR) is 69.5 cm³/mol. The van der Waals surface area contributed by atoms with Crippen molar-refractivity contribution < 1.29 is 9.90 Å². The van der Waals surface area contributed by atoms with Gasteiger partial charge < -0.3 is 15.3 Å². The van der Waals surface area contributed by atoms with E-state index in [-0.39, 0.29) is 18.6 Å². The van der Waals surface area contributed by atoms with E-state index in [9.17, 15) is 4.79 Å². The quantitative estimate of drug-likeness (QED) is 0.820. The standard InChI is InChI=1S/C13H19N3O2/c1-14-10-5-6-12(15-9-10)13(18)16(7-8-17)11-3-2-4-11/h5-6,9,11,14,17H,2-4,7-8H2,1H3. The normalized spacial score (nSPS) is 15.0. The summed E-state index contributed by atoms with van der Waals surface area (Å²) in [6, 6.07) is 3.82. The van der Waals surface area contributed by atoms with Crippen LogP contribution in [-0.2, 0) is 0 Å². The molecular formula is C13H19N3O2. The Bertz CT molecular complexity index is 401. The molecule has 1 heterocycles. The largest absolute Gasteiger partial charge is 0.395 e. The third-order valence-corrected chi connectivity index (χ3v) is 3.39. The molecule has 1 aromatic heterocycles. The van der Waals surface area contributed by atoms with E-state index in [4.69, 9.17) is 5.11 Å². The van der Waals surface area contributed by atoms with Crippen LogP contribution in [0.1, 0.15) is 29.8 Å². The number of carbonyl (C=O) groups is 1. The van der Waals surface area contributed by atoms with E-state index in [1.807, 2.05) is 13.1 Å². The highest BCUT2D eigenvalue weighted by Crippen LogP contribution is 2.25. The average molecular weight is 249 g/mol. The molecule has 5 heteroatoms. The van der Waals surface area contributed by atoms with E-state index < -0.39 is 0 Å². The highest BCUT2D eigenvalue weighted by atomic mass is 16.3. The Hall–Kier alpha value is -1.62. The molecule has 5 nitrogen and oxygen atoms in total. The van der Waals surface area contributed by atoms with Crippen molar-refractivity contribution in [2.45, 2.75) is 25.3 Å². The molecular weight excluding hydrogens is 230 g/mol. The summed E-state index contributed by atoms with van der Waals surface area (Å²) < 4.78 is 0. The number of hydrogen-bond donors (Lipinski definition) is 2. The zero-order valence-electron chi connectivity index (χ0n) is 10.6. The van der Waals surface area contributed by atoms with E-state index in [1.54, 1.807) is 17.2 Å². The van der Waals surface area contributed by atoms with Crippen molar-refractivity contribution in [3.05, 3.63) is 24.0 Å². The van der Waals surface area contributed by atoms with Crippen molar-refractivity contribution >= 4 is 11.6 Å². The van der Waals surface area contributed by atoms with E-state index in [1.165, 1.54) is 0 Å². The number of anilines is 1. The highest BCUT2D eigenvalue weighted by Gasteiger charge is 2.29. The van der Waals surface area contributed by atoms with Crippen LogP contribution in [0.2, 0.25) is 0 Å². The van der Waals surface area contributed by atoms with Crippen molar-refractivity contribution in [1.82, 2.24) is 9.88 Å². The third-order valence-electron chi connectivity index (χ3n) is 3.39. The molecule has 98 valence electrons. The summed E-state index contributed by atoms with van der Waals surface area (Å²) in [5.41, 5.74) is 1.32. The topological polar surface area (TPSA) is 65.5 Å². The molecule has 0 unspecified atom stereocenters. The molecule has 1 fully saturated rings. The zero-order chi connectivity index (χ0) is 13.0. The van der Waals surface area contributed by atoms with Crippen LogP contribution in [0.15, 0.2) is 18.3 Å². The Kier molecular flexibility index (Phi) is 4.15. The Morgan fingerprint density at radius 2 is 2.33 bits per heavy atom. The van der Waals surface area contributed by atoms with Gasteiger partial charge in [-0.1, -0.05) is 0 Å². The molecule has 2 N–H and O–H groups in total. The molecule has 18 heavy (non-hydrogen) atoms. The summed E-state index contributed by atoms with van der Waals surface area (Å²) in [7, 11) is 1.81. The van der Waals surface area contributed by atoms with Gasteiger partial charge in [-0.05, 0) is 31.4 Å². The van der Waals surface area contributed by atoms with Crippen molar-refractivity contribution in [2.75, 3.05) is 25.5 Å². The minimum Gasteiger partial charge on any atom is -0.395 e. The molecule has 0 bridgehead atoms. The van der Waals surface area contributed by atoms with Crippen LogP contribution in [0.5, 0.6) is 0 Å². The Morgan fingerprint density at radius 3 is 2.78 bits per heavy atom. The second-order valence-corrected chi connectivity index (χ2v) is 4.49. The molecule has 2 rings (SSSR count). The fraction of sp³-hybridized carbons (Fsp3) is 0.538. The lowest BCUT2D eigenvalue weighted by molar-refractivity contribution is 0.0520. The van der Waals surface area contributed by atoms with Gasteiger partial charge in [0.2, 0.25) is 0 Å². The highest BCUT2D eigenvalue weighted by molar-refractivity contribution is 5.92. The van der Waals surface area contributed by atoms with E-state index in [0.717, 1.165) is 24.9 Å². The van der Waals surface area contributed by atoms with Crippen molar-refractivity contribution in [3.8, 4) is 0 Å². The van der Waals surface area contributed by atoms with Crippen LogP contribution in [0.4, 0.5) is 5.69 Å². The number of aliphatic hydroxyl groups excluding tert-OH is 1. The van der Waals surface area contributed by atoms with Crippen molar-refractivity contribution in [2.24, 2.45) is 0 Å². The Labute approximate surface area is 107 Å². The lowest BCUT2D eigenvalue weighted by Gasteiger charge is -2.37. The molecule has 1 aliphatic rings. The molecule has 0 radical (unpaired) electrons. The van der Waals surface area contributed by atoms with Gasteiger partial charge in [0.15, 0.2) is 0 Å². The van der Waals surface area contributed by atoms with Crippen molar-refractivity contribution in [3.63, 3.8) is 0 Å². The number of pyridine rings is 1. The van der Waals surface area contributed by atoms with E-state index in [2.05, 4.69) is 10.3 Å². The van der Waals surface area contributed by atoms with Crippen LogP contribution in [0.3, 0.4) is 0 Å². The predicted octanol–water partition coefficient (Wildman–Crippen LogP) is 1.11.